The lowest BCUT2D eigenvalue weighted by molar-refractivity contribution is -0.137. The number of hydrogen-bond donors (Lipinski definition) is 3. The van der Waals surface area contributed by atoms with Crippen LogP contribution in [0.3, 0.4) is 0 Å². The van der Waals surface area contributed by atoms with E-state index in [0.29, 0.717) is 22.4 Å². The molecule has 3 rings (SSSR count). The van der Waals surface area contributed by atoms with Crippen LogP contribution >= 0.6 is 23.1 Å². The number of rotatable bonds is 8. The first-order chi connectivity index (χ1) is 12.9. The van der Waals surface area contributed by atoms with E-state index in [4.69, 9.17) is 4.74 Å². The number of carbonyl (C=O) groups excluding carboxylic acids is 3. The van der Waals surface area contributed by atoms with Crippen LogP contribution < -0.4 is 16.1 Å². The van der Waals surface area contributed by atoms with Gasteiger partial charge in [-0.15, -0.1) is 10.2 Å². The minimum Gasteiger partial charge on any atom is -0.376 e. The van der Waals surface area contributed by atoms with Crippen LogP contribution in [0.15, 0.2) is 4.34 Å². The molecule has 0 aliphatic carbocycles. The molecule has 10 nitrogen and oxygen atoms in total. The summed E-state index contributed by atoms with van der Waals surface area (Å²) in [6.07, 6.45) is 2.75. The van der Waals surface area contributed by atoms with Crippen molar-refractivity contribution in [2.24, 2.45) is 0 Å². The zero-order valence-corrected chi connectivity index (χ0v) is 16.7. The summed E-state index contributed by atoms with van der Waals surface area (Å²) in [5.74, 6) is -0.918. The number of urea groups is 1. The van der Waals surface area contributed by atoms with E-state index in [-0.39, 0.29) is 11.9 Å². The van der Waals surface area contributed by atoms with E-state index >= 15 is 0 Å². The van der Waals surface area contributed by atoms with E-state index in [1.165, 1.54) is 23.1 Å². The van der Waals surface area contributed by atoms with Crippen molar-refractivity contribution in [3.05, 3.63) is 0 Å². The number of anilines is 1. The van der Waals surface area contributed by atoms with Gasteiger partial charge in [0.1, 0.15) is 5.54 Å². The average Bonchev–Trinajstić information content (AvgIpc) is 3.36. The normalized spacial score (nSPS) is 25.0. The lowest BCUT2D eigenvalue weighted by Gasteiger charge is -2.19. The van der Waals surface area contributed by atoms with Crippen molar-refractivity contribution in [1.82, 2.24) is 25.9 Å². The van der Waals surface area contributed by atoms with Crippen molar-refractivity contribution in [3.8, 4) is 0 Å². The molecule has 1 aromatic heterocycles. The summed E-state index contributed by atoms with van der Waals surface area (Å²) in [6.45, 7) is 4.90. The van der Waals surface area contributed by atoms with Crippen LogP contribution in [0.5, 0.6) is 0 Å². The highest BCUT2D eigenvalue weighted by atomic mass is 32.2. The molecule has 1 aromatic rings. The van der Waals surface area contributed by atoms with Gasteiger partial charge in [0, 0.05) is 13.2 Å². The van der Waals surface area contributed by atoms with E-state index < -0.39 is 23.4 Å². The Morgan fingerprint density at radius 2 is 2.30 bits per heavy atom. The van der Waals surface area contributed by atoms with Crippen molar-refractivity contribution in [2.75, 3.05) is 24.2 Å². The van der Waals surface area contributed by atoms with Crippen LogP contribution in [0.25, 0.3) is 0 Å². The van der Waals surface area contributed by atoms with Gasteiger partial charge in [0.15, 0.2) is 4.34 Å². The molecule has 0 bridgehead atoms. The molecule has 2 fully saturated rings. The zero-order chi connectivity index (χ0) is 19.4. The van der Waals surface area contributed by atoms with Gasteiger partial charge in [-0.1, -0.05) is 30.0 Å². The maximum absolute atomic E-state index is 12.2. The van der Waals surface area contributed by atoms with Crippen molar-refractivity contribution >= 4 is 46.1 Å². The topological polar surface area (TPSA) is 126 Å². The summed E-state index contributed by atoms with van der Waals surface area (Å²) >= 11 is 2.53. The number of ether oxygens (including phenoxy) is 1. The minimum atomic E-state index is -0.986. The summed E-state index contributed by atoms with van der Waals surface area (Å²) in [7, 11) is 0. The summed E-state index contributed by atoms with van der Waals surface area (Å²) in [5, 5.41) is 15.2. The molecule has 0 radical (unpaired) electrons. The number of imide groups is 1. The molecule has 12 heteroatoms. The third-order valence-electron chi connectivity index (χ3n) is 4.44. The molecule has 0 spiro atoms. The molecule has 2 aliphatic rings. The van der Waals surface area contributed by atoms with E-state index in [1.807, 2.05) is 0 Å². The average molecular weight is 415 g/mol. The first-order valence-electron chi connectivity index (χ1n) is 8.69. The number of hydrazine groups is 1. The first kappa shape index (κ1) is 19.8. The summed E-state index contributed by atoms with van der Waals surface area (Å²) in [4.78, 5) is 36.2. The Morgan fingerprint density at radius 3 is 2.96 bits per heavy atom. The number of amides is 4. The van der Waals surface area contributed by atoms with Gasteiger partial charge in [0.05, 0.1) is 11.9 Å². The van der Waals surface area contributed by atoms with Gasteiger partial charge in [-0.25, -0.2) is 4.79 Å². The van der Waals surface area contributed by atoms with Gasteiger partial charge in [-0.3, -0.25) is 15.0 Å². The van der Waals surface area contributed by atoms with Crippen molar-refractivity contribution in [1.29, 1.82) is 0 Å². The fourth-order valence-electron chi connectivity index (χ4n) is 2.66. The van der Waals surface area contributed by atoms with Gasteiger partial charge in [0.2, 0.25) is 11.0 Å². The number of hydrogen-bond acceptors (Lipinski definition) is 9. The molecular weight excluding hydrogens is 392 g/mol. The maximum atomic E-state index is 12.2. The van der Waals surface area contributed by atoms with Crippen LogP contribution in [0.1, 0.15) is 33.1 Å². The lowest BCUT2D eigenvalue weighted by Crippen LogP contribution is -2.49. The predicted molar refractivity (Wildman–Crippen MR) is 100 cm³/mol. The minimum absolute atomic E-state index is 0.0142. The van der Waals surface area contributed by atoms with Crippen LogP contribution in [-0.2, 0) is 14.3 Å². The molecule has 148 valence electrons. The summed E-state index contributed by atoms with van der Waals surface area (Å²) in [5.41, 5.74) is 1.36. The zero-order valence-electron chi connectivity index (χ0n) is 15.1. The monoisotopic (exact) mass is 414 g/mol. The Hall–Kier alpha value is -1.92. The Labute approximate surface area is 164 Å². The van der Waals surface area contributed by atoms with Gasteiger partial charge >= 0.3 is 6.03 Å². The Morgan fingerprint density at radius 1 is 1.48 bits per heavy atom. The molecule has 2 atom stereocenters. The second kappa shape index (κ2) is 8.40. The second-order valence-electron chi connectivity index (χ2n) is 6.47. The molecule has 27 heavy (non-hydrogen) atoms. The summed E-state index contributed by atoms with van der Waals surface area (Å²) < 4.78 is 6.16. The molecule has 3 heterocycles. The second-order valence-corrected chi connectivity index (χ2v) is 8.67. The highest BCUT2D eigenvalue weighted by Gasteiger charge is 2.47. The molecule has 2 saturated heterocycles. The summed E-state index contributed by atoms with van der Waals surface area (Å²) in [6, 6.07) is -0.626. The molecule has 4 amide bonds. The number of carbonyl (C=O) groups is 3. The van der Waals surface area contributed by atoms with Gasteiger partial charge in [-0.05, 0) is 26.2 Å². The fraction of sp³-hybridized carbons (Fsp3) is 0.667. The lowest BCUT2D eigenvalue weighted by atomic mass is 10.00. The van der Waals surface area contributed by atoms with Crippen LogP contribution in [-0.4, -0.2) is 63.6 Å². The maximum Gasteiger partial charge on any atom is 0.344 e. The van der Waals surface area contributed by atoms with Gasteiger partial charge in [0.25, 0.3) is 5.91 Å². The van der Waals surface area contributed by atoms with E-state index in [0.717, 1.165) is 24.5 Å². The third-order valence-corrected chi connectivity index (χ3v) is 6.46. The largest absolute Gasteiger partial charge is 0.376 e. The quantitative estimate of drug-likeness (QED) is 0.424. The number of thioether (sulfide) groups is 1. The first-order valence-corrected chi connectivity index (χ1v) is 10.5. The number of nitrogens with zero attached hydrogens (tertiary/aromatic N) is 3. The predicted octanol–water partition coefficient (Wildman–Crippen LogP) is 0.973. The molecule has 0 unspecified atom stereocenters. The molecule has 2 aliphatic heterocycles. The molecule has 0 saturated carbocycles. The highest BCUT2D eigenvalue weighted by molar-refractivity contribution is 8.01. The van der Waals surface area contributed by atoms with E-state index in [2.05, 4.69) is 26.3 Å². The highest BCUT2D eigenvalue weighted by Crippen LogP contribution is 2.26. The Bertz CT molecular complexity index is 723. The Kier molecular flexibility index (Phi) is 6.17. The van der Waals surface area contributed by atoms with Crippen molar-refractivity contribution in [2.45, 2.75) is 49.1 Å². The third kappa shape index (κ3) is 4.68. The number of nitrogens with one attached hydrogen (secondary N) is 3. The van der Waals surface area contributed by atoms with Gasteiger partial charge < -0.3 is 15.4 Å². The molecular formula is C15H22N6O4S2. The van der Waals surface area contributed by atoms with Crippen LogP contribution in [0.4, 0.5) is 9.93 Å². The number of aromatic nitrogens is 2. The fourth-order valence-corrected chi connectivity index (χ4v) is 4.21. The molecule has 3 N–H and O–H groups in total. The smallest absolute Gasteiger partial charge is 0.344 e. The van der Waals surface area contributed by atoms with E-state index in [9.17, 15) is 14.4 Å². The van der Waals surface area contributed by atoms with Crippen LogP contribution in [0, 0.1) is 0 Å². The standard InChI is InChI=1S/C15H22N6O4S2/c1-3-15(2)11(23)21(13(24)17-15)20-10(22)8-26-14-19-18-12(27-14)16-7-9-5-4-6-25-9/h9H,3-8H2,1-2H3,(H,16,18)(H,17,24)(H,20,22)/t9-,15-/m0/s1. The van der Waals surface area contributed by atoms with Crippen molar-refractivity contribution in [3.63, 3.8) is 0 Å². The SMILES string of the molecule is CC[C@]1(C)NC(=O)N(NC(=O)CSc2nnc(NC[C@@H]3CCCO3)s2)C1=O. The van der Waals surface area contributed by atoms with Crippen LogP contribution in [0.2, 0.25) is 0 Å². The van der Waals surface area contributed by atoms with Crippen molar-refractivity contribution < 1.29 is 19.1 Å². The Balaban J connectivity index is 1.44. The molecule has 0 aromatic carbocycles. The van der Waals surface area contributed by atoms with Gasteiger partial charge in [-0.2, -0.15) is 5.01 Å². The van der Waals surface area contributed by atoms with E-state index in [1.54, 1.807) is 13.8 Å².